The summed E-state index contributed by atoms with van der Waals surface area (Å²) in [5.41, 5.74) is 4.91. The average molecular weight is 285 g/mol. The average Bonchev–Trinajstić information content (AvgIpc) is 2.47. The van der Waals surface area contributed by atoms with Crippen molar-refractivity contribution in [3.63, 3.8) is 0 Å². The first-order valence-corrected chi connectivity index (χ1v) is 8.39. The van der Waals surface area contributed by atoms with Gasteiger partial charge < -0.3 is 0 Å². The Labute approximate surface area is 131 Å². The number of hydrogen-bond donors (Lipinski definition) is 0. The lowest BCUT2D eigenvalue weighted by molar-refractivity contribution is 0.698. The van der Waals surface area contributed by atoms with Crippen LogP contribution in [0.15, 0.2) is 35.3 Å². The molecule has 0 N–H and O–H groups in total. The molecule has 0 heterocycles. The van der Waals surface area contributed by atoms with Gasteiger partial charge in [-0.1, -0.05) is 75.9 Å². The molecule has 1 atom stereocenters. The third kappa shape index (κ3) is 6.75. The van der Waals surface area contributed by atoms with Gasteiger partial charge in [0, 0.05) is 5.71 Å². The third-order valence-electron chi connectivity index (χ3n) is 3.89. The molecule has 0 saturated heterocycles. The molecule has 0 aromatic heterocycles. The zero-order valence-electron chi connectivity index (χ0n) is 14.4. The van der Waals surface area contributed by atoms with Gasteiger partial charge in [0.15, 0.2) is 0 Å². The van der Waals surface area contributed by atoms with E-state index in [9.17, 15) is 0 Å². The highest BCUT2D eigenvalue weighted by molar-refractivity contribution is 5.88. The minimum absolute atomic E-state index is 0.563. The highest BCUT2D eigenvalue weighted by Gasteiger charge is 2.04. The normalized spacial score (nSPS) is 14.3. The number of unbranched alkanes of at least 4 members (excludes halogenated alkanes) is 2. The summed E-state index contributed by atoms with van der Waals surface area (Å²) in [4.78, 5) is 4.91. The van der Waals surface area contributed by atoms with Crippen molar-refractivity contribution in [2.24, 2.45) is 10.9 Å². The smallest absolute Gasteiger partial charge is 0.0664 e. The first-order valence-electron chi connectivity index (χ1n) is 8.39. The summed E-state index contributed by atoms with van der Waals surface area (Å²) in [6.07, 6.45) is 8.38. The summed E-state index contributed by atoms with van der Waals surface area (Å²) in [7, 11) is 0. The molecule has 0 spiro atoms. The molecule has 0 bridgehead atoms. The van der Waals surface area contributed by atoms with Gasteiger partial charge in [-0.2, -0.15) is 0 Å². The first kappa shape index (κ1) is 17.7. The standard InChI is InChI=1S/C20H31N/c1-6-8-9-10-18(5)21-20(15-16(3)7-2)19-13-11-17(4)12-14-19/h11-16H,6-10H2,1-5H3/b20-15-,21-18?. The number of rotatable bonds is 8. The van der Waals surface area contributed by atoms with E-state index in [0.29, 0.717) is 5.92 Å². The second kappa shape index (κ2) is 9.55. The largest absolute Gasteiger partial charge is 0.258 e. The van der Waals surface area contributed by atoms with Crippen LogP contribution in [0, 0.1) is 12.8 Å². The number of nitrogens with zero attached hydrogens (tertiary/aromatic N) is 1. The molecule has 1 unspecified atom stereocenters. The Morgan fingerprint density at radius 1 is 1.14 bits per heavy atom. The zero-order chi connectivity index (χ0) is 15.7. The second-order valence-corrected chi connectivity index (χ2v) is 6.11. The van der Waals surface area contributed by atoms with Gasteiger partial charge in [0.1, 0.15) is 0 Å². The summed E-state index contributed by atoms with van der Waals surface area (Å²) in [5.74, 6) is 0.563. The lowest BCUT2D eigenvalue weighted by atomic mass is 10.0. The Kier molecular flexibility index (Phi) is 8.04. The number of benzene rings is 1. The number of allylic oxidation sites excluding steroid dienone is 1. The number of aryl methyl sites for hydroxylation is 1. The summed E-state index contributed by atoms with van der Waals surface area (Å²) in [6.45, 7) is 11.0. The maximum absolute atomic E-state index is 4.91. The van der Waals surface area contributed by atoms with E-state index in [1.807, 2.05) is 0 Å². The van der Waals surface area contributed by atoms with E-state index >= 15 is 0 Å². The number of aliphatic imine (C=N–C) groups is 1. The van der Waals surface area contributed by atoms with Crippen LogP contribution in [0.2, 0.25) is 0 Å². The molecule has 0 aliphatic rings. The van der Waals surface area contributed by atoms with Crippen LogP contribution in [0.4, 0.5) is 0 Å². The van der Waals surface area contributed by atoms with Gasteiger partial charge in [-0.15, -0.1) is 0 Å². The van der Waals surface area contributed by atoms with Crippen molar-refractivity contribution in [3.05, 3.63) is 41.5 Å². The minimum atomic E-state index is 0.563. The van der Waals surface area contributed by atoms with E-state index in [1.54, 1.807) is 0 Å². The monoisotopic (exact) mass is 285 g/mol. The molecule has 1 rings (SSSR count). The summed E-state index contributed by atoms with van der Waals surface area (Å²) in [6, 6.07) is 8.71. The molecule has 1 aromatic carbocycles. The van der Waals surface area contributed by atoms with Gasteiger partial charge in [-0.05, 0) is 38.2 Å². The van der Waals surface area contributed by atoms with Gasteiger partial charge in [0.2, 0.25) is 0 Å². The Morgan fingerprint density at radius 3 is 2.38 bits per heavy atom. The Balaban J connectivity index is 2.95. The van der Waals surface area contributed by atoms with Crippen LogP contribution in [-0.2, 0) is 0 Å². The quantitative estimate of drug-likeness (QED) is 0.386. The van der Waals surface area contributed by atoms with E-state index in [-0.39, 0.29) is 0 Å². The van der Waals surface area contributed by atoms with E-state index in [0.717, 1.165) is 18.5 Å². The lowest BCUT2D eigenvalue weighted by Gasteiger charge is -2.09. The van der Waals surface area contributed by atoms with Crippen molar-refractivity contribution in [2.75, 3.05) is 0 Å². The van der Waals surface area contributed by atoms with Gasteiger partial charge >= 0.3 is 0 Å². The van der Waals surface area contributed by atoms with Crippen LogP contribution in [0.1, 0.15) is 70.9 Å². The summed E-state index contributed by atoms with van der Waals surface area (Å²) < 4.78 is 0. The lowest BCUT2D eigenvalue weighted by Crippen LogP contribution is -1.95. The molecule has 0 aliphatic heterocycles. The molecular weight excluding hydrogens is 254 g/mol. The van der Waals surface area contributed by atoms with Crippen LogP contribution in [0.25, 0.3) is 5.70 Å². The molecule has 0 fully saturated rings. The Hall–Kier alpha value is -1.37. The molecule has 116 valence electrons. The molecule has 0 radical (unpaired) electrons. The fraction of sp³-hybridized carbons (Fsp3) is 0.550. The van der Waals surface area contributed by atoms with E-state index < -0.39 is 0 Å². The van der Waals surface area contributed by atoms with Crippen molar-refractivity contribution in [3.8, 4) is 0 Å². The van der Waals surface area contributed by atoms with Crippen LogP contribution >= 0.6 is 0 Å². The van der Waals surface area contributed by atoms with Crippen LogP contribution in [0.3, 0.4) is 0 Å². The van der Waals surface area contributed by atoms with Crippen LogP contribution in [-0.4, -0.2) is 5.71 Å². The van der Waals surface area contributed by atoms with Crippen molar-refractivity contribution in [1.29, 1.82) is 0 Å². The fourth-order valence-corrected chi connectivity index (χ4v) is 2.20. The molecule has 21 heavy (non-hydrogen) atoms. The zero-order valence-corrected chi connectivity index (χ0v) is 14.4. The van der Waals surface area contributed by atoms with E-state index in [4.69, 9.17) is 4.99 Å². The third-order valence-corrected chi connectivity index (χ3v) is 3.89. The van der Waals surface area contributed by atoms with E-state index in [1.165, 1.54) is 36.1 Å². The molecular formula is C20H31N. The summed E-state index contributed by atoms with van der Waals surface area (Å²) >= 11 is 0. The maximum atomic E-state index is 4.91. The number of hydrogen-bond acceptors (Lipinski definition) is 1. The molecule has 1 nitrogen and oxygen atoms in total. The predicted octanol–water partition coefficient (Wildman–Crippen LogP) is 6.42. The topological polar surface area (TPSA) is 12.4 Å². The second-order valence-electron chi connectivity index (χ2n) is 6.11. The molecule has 1 aromatic rings. The molecule has 1 heteroatoms. The molecule has 0 saturated carbocycles. The fourth-order valence-electron chi connectivity index (χ4n) is 2.20. The first-order chi connectivity index (χ1) is 10.1. The van der Waals surface area contributed by atoms with Gasteiger partial charge in [0.25, 0.3) is 0 Å². The maximum Gasteiger partial charge on any atom is 0.0664 e. The van der Waals surface area contributed by atoms with Gasteiger partial charge in [-0.3, -0.25) is 4.99 Å². The van der Waals surface area contributed by atoms with E-state index in [2.05, 4.69) is 65.0 Å². The molecule has 0 amide bonds. The van der Waals surface area contributed by atoms with Crippen molar-refractivity contribution in [1.82, 2.24) is 0 Å². The van der Waals surface area contributed by atoms with Crippen molar-refractivity contribution < 1.29 is 0 Å². The highest BCUT2D eigenvalue weighted by atomic mass is 14.8. The predicted molar refractivity (Wildman–Crippen MR) is 95.9 cm³/mol. The molecule has 0 aliphatic carbocycles. The van der Waals surface area contributed by atoms with Gasteiger partial charge in [-0.25, -0.2) is 0 Å². The Morgan fingerprint density at radius 2 is 1.81 bits per heavy atom. The summed E-state index contributed by atoms with van der Waals surface area (Å²) in [5, 5.41) is 0. The minimum Gasteiger partial charge on any atom is -0.258 e. The highest BCUT2D eigenvalue weighted by Crippen LogP contribution is 2.21. The van der Waals surface area contributed by atoms with Crippen LogP contribution in [0.5, 0.6) is 0 Å². The Bertz CT molecular complexity index is 465. The van der Waals surface area contributed by atoms with Gasteiger partial charge in [0.05, 0.1) is 5.70 Å². The van der Waals surface area contributed by atoms with Crippen molar-refractivity contribution in [2.45, 2.75) is 66.7 Å². The van der Waals surface area contributed by atoms with Crippen LogP contribution < -0.4 is 0 Å². The van der Waals surface area contributed by atoms with Crippen molar-refractivity contribution >= 4 is 11.4 Å². The SMILES string of the molecule is CCCCCC(C)=N/C(=C\C(C)CC)c1ccc(C)cc1.